The number of amides is 2. The van der Waals surface area contributed by atoms with E-state index < -0.39 is 53.6 Å². The van der Waals surface area contributed by atoms with Crippen molar-refractivity contribution in [2.45, 2.75) is 38.8 Å². The van der Waals surface area contributed by atoms with Gasteiger partial charge in [0.15, 0.2) is 11.4 Å². The molecule has 3 aliphatic rings. The molecule has 1 aromatic carbocycles. The van der Waals surface area contributed by atoms with Crippen LogP contribution in [0.3, 0.4) is 0 Å². The summed E-state index contributed by atoms with van der Waals surface area (Å²) in [6.07, 6.45) is 0.850. The van der Waals surface area contributed by atoms with Crippen molar-refractivity contribution in [2.75, 3.05) is 4.90 Å². The third kappa shape index (κ3) is 2.85. The lowest BCUT2D eigenvalue weighted by atomic mass is 9.76. The van der Waals surface area contributed by atoms with E-state index in [4.69, 9.17) is 14.2 Å². The first kappa shape index (κ1) is 20.0. The highest BCUT2D eigenvalue weighted by atomic mass is 16.7. The Balaban J connectivity index is 1.75. The Morgan fingerprint density at radius 2 is 1.73 bits per heavy atom. The number of rotatable bonds is 5. The largest absolute Gasteiger partial charge is 0.422 e. The van der Waals surface area contributed by atoms with Gasteiger partial charge in [-0.15, -0.1) is 0 Å². The highest BCUT2D eigenvalue weighted by Gasteiger charge is 2.72. The third-order valence-corrected chi connectivity index (χ3v) is 5.50. The van der Waals surface area contributed by atoms with Crippen LogP contribution in [-0.2, 0) is 33.4 Å². The van der Waals surface area contributed by atoms with Gasteiger partial charge in [-0.1, -0.05) is 18.2 Å². The Morgan fingerprint density at radius 3 is 2.33 bits per heavy atom. The average Bonchev–Trinajstić information content (AvgIpc) is 3.32. The molecule has 2 fully saturated rings. The Kier molecular flexibility index (Phi) is 4.58. The van der Waals surface area contributed by atoms with Crippen molar-refractivity contribution in [1.29, 1.82) is 0 Å². The molecule has 4 rings (SSSR count). The lowest BCUT2D eigenvalue weighted by Gasteiger charge is -2.34. The number of hydrogen-bond acceptors (Lipinski definition) is 8. The number of carbonyl (C=O) groups excluding carboxylic acids is 5. The molecule has 9 nitrogen and oxygen atoms in total. The van der Waals surface area contributed by atoms with Gasteiger partial charge in [0.2, 0.25) is 11.8 Å². The molecule has 1 aromatic rings. The van der Waals surface area contributed by atoms with Crippen molar-refractivity contribution in [1.82, 2.24) is 0 Å². The summed E-state index contributed by atoms with van der Waals surface area (Å²) in [5.41, 5.74) is -0.986. The standard InChI is InChI=1S/C21H19NO8/c1-10(23)13-5-4-6-14(9-13)22-18(26)16-15-7-8-21(30-15,17(16)19(22)27)20(28-11(2)24)29-12(3)25/h4-9,15-17,20H,1-3H3/t15-,16+,17-,21+/m1/s1. The highest BCUT2D eigenvalue weighted by Crippen LogP contribution is 2.54. The van der Waals surface area contributed by atoms with Crippen LogP contribution in [0.15, 0.2) is 36.4 Å². The van der Waals surface area contributed by atoms with Crippen LogP contribution in [0.1, 0.15) is 31.1 Å². The van der Waals surface area contributed by atoms with Gasteiger partial charge in [0, 0.05) is 19.4 Å². The van der Waals surface area contributed by atoms with Crippen LogP contribution < -0.4 is 4.90 Å². The number of benzene rings is 1. The number of Topliss-reactive ketones (excluding diaryl/α,β-unsaturated/α-hetero) is 1. The number of carbonyl (C=O) groups is 5. The molecule has 0 aliphatic carbocycles. The van der Waals surface area contributed by atoms with Crippen LogP contribution in [0.4, 0.5) is 5.69 Å². The topological polar surface area (TPSA) is 116 Å². The number of nitrogens with zero attached hydrogens (tertiary/aromatic N) is 1. The smallest absolute Gasteiger partial charge is 0.305 e. The second-order valence-electron chi connectivity index (χ2n) is 7.47. The predicted octanol–water partition coefficient (Wildman–Crippen LogP) is 1.15. The quantitative estimate of drug-likeness (QED) is 0.232. The first-order valence-electron chi connectivity index (χ1n) is 9.36. The lowest BCUT2D eigenvalue weighted by molar-refractivity contribution is -0.226. The molecular formula is C21H19NO8. The van der Waals surface area contributed by atoms with E-state index in [0.29, 0.717) is 5.56 Å². The van der Waals surface area contributed by atoms with E-state index in [2.05, 4.69) is 0 Å². The third-order valence-electron chi connectivity index (χ3n) is 5.50. The first-order valence-corrected chi connectivity index (χ1v) is 9.36. The number of esters is 2. The van der Waals surface area contributed by atoms with Crippen molar-refractivity contribution in [3.63, 3.8) is 0 Å². The molecule has 0 spiro atoms. The number of ether oxygens (including phenoxy) is 3. The van der Waals surface area contributed by atoms with Gasteiger partial charge in [-0.2, -0.15) is 0 Å². The minimum atomic E-state index is -1.60. The van der Waals surface area contributed by atoms with E-state index in [1.165, 1.54) is 19.1 Å². The molecule has 2 saturated heterocycles. The van der Waals surface area contributed by atoms with Gasteiger partial charge in [0.25, 0.3) is 6.29 Å². The van der Waals surface area contributed by atoms with Gasteiger partial charge in [0.1, 0.15) is 0 Å². The van der Waals surface area contributed by atoms with Crippen LogP contribution in [-0.4, -0.2) is 47.5 Å². The van der Waals surface area contributed by atoms with Gasteiger partial charge >= 0.3 is 11.9 Å². The average molecular weight is 413 g/mol. The first-order chi connectivity index (χ1) is 14.2. The van der Waals surface area contributed by atoms with Crippen molar-refractivity contribution in [2.24, 2.45) is 11.8 Å². The molecule has 9 heteroatoms. The molecule has 2 bridgehead atoms. The Bertz CT molecular complexity index is 998. The predicted molar refractivity (Wildman–Crippen MR) is 100.0 cm³/mol. The SMILES string of the molecule is CC(=O)OC(OC(C)=O)[C@@]12C=C[C@@H](O1)[C@@H]1C(=O)N(c3cccc(C(C)=O)c3)C(=O)[C@@H]12. The summed E-state index contributed by atoms with van der Waals surface area (Å²) in [5.74, 6) is -4.66. The van der Waals surface area contributed by atoms with Crippen molar-refractivity contribution in [3.8, 4) is 0 Å². The van der Waals surface area contributed by atoms with Crippen LogP contribution >= 0.6 is 0 Å². The summed E-state index contributed by atoms with van der Waals surface area (Å²) in [6.45, 7) is 3.66. The normalized spacial score (nSPS) is 28.8. The zero-order valence-electron chi connectivity index (χ0n) is 16.5. The van der Waals surface area contributed by atoms with Crippen molar-refractivity contribution < 1.29 is 38.2 Å². The Morgan fingerprint density at radius 1 is 1.07 bits per heavy atom. The summed E-state index contributed by atoms with van der Waals surface area (Å²) in [7, 11) is 0. The minimum absolute atomic E-state index is 0.206. The fourth-order valence-corrected chi connectivity index (χ4v) is 4.34. The van der Waals surface area contributed by atoms with Crippen LogP contribution in [0.5, 0.6) is 0 Å². The fourth-order valence-electron chi connectivity index (χ4n) is 4.34. The Labute approximate surface area is 171 Å². The number of imide groups is 1. The van der Waals surface area contributed by atoms with Gasteiger partial charge in [-0.25, -0.2) is 4.90 Å². The molecule has 0 saturated carbocycles. The Hall–Kier alpha value is -3.33. The molecule has 0 unspecified atom stereocenters. The van der Waals surface area contributed by atoms with Crippen molar-refractivity contribution in [3.05, 3.63) is 42.0 Å². The maximum absolute atomic E-state index is 13.4. The van der Waals surface area contributed by atoms with E-state index in [0.717, 1.165) is 18.7 Å². The van der Waals surface area contributed by atoms with Gasteiger partial charge in [-0.05, 0) is 25.1 Å². The number of fused-ring (bicyclic) bond motifs is 5. The minimum Gasteiger partial charge on any atom is -0.422 e. The van der Waals surface area contributed by atoms with Crippen LogP contribution in [0, 0.1) is 11.8 Å². The molecular weight excluding hydrogens is 394 g/mol. The molecule has 156 valence electrons. The van der Waals surface area contributed by atoms with E-state index in [-0.39, 0.29) is 11.5 Å². The molecule has 2 amide bonds. The highest BCUT2D eigenvalue weighted by molar-refractivity contribution is 6.23. The number of anilines is 1. The van der Waals surface area contributed by atoms with E-state index in [1.54, 1.807) is 24.3 Å². The maximum atomic E-state index is 13.4. The second-order valence-corrected chi connectivity index (χ2v) is 7.47. The molecule has 0 radical (unpaired) electrons. The lowest BCUT2D eigenvalue weighted by Crippen LogP contribution is -2.52. The number of hydrogen-bond donors (Lipinski definition) is 0. The summed E-state index contributed by atoms with van der Waals surface area (Å²) in [5, 5.41) is 0. The van der Waals surface area contributed by atoms with Gasteiger partial charge in [-0.3, -0.25) is 24.0 Å². The van der Waals surface area contributed by atoms with E-state index >= 15 is 0 Å². The molecule has 4 atom stereocenters. The monoisotopic (exact) mass is 413 g/mol. The molecule has 30 heavy (non-hydrogen) atoms. The van der Waals surface area contributed by atoms with Gasteiger partial charge < -0.3 is 14.2 Å². The zero-order chi connectivity index (χ0) is 21.8. The molecule has 0 aromatic heterocycles. The van der Waals surface area contributed by atoms with Crippen molar-refractivity contribution >= 4 is 35.2 Å². The van der Waals surface area contributed by atoms with E-state index in [1.807, 2.05) is 0 Å². The summed E-state index contributed by atoms with van der Waals surface area (Å²) in [4.78, 5) is 62.5. The summed E-state index contributed by atoms with van der Waals surface area (Å²) >= 11 is 0. The van der Waals surface area contributed by atoms with Crippen LogP contribution in [0.2, 0.25) is 0 Å². The van der Waals surface area contributed by atoms with E-state index in [9.17, 15) is 24.0 Å². The second kappa shape index (κ2) is 6.88. The zero-order valence-corrected chi connectivity index (χ0v) is 16.5. The van der Waals surface area contributed by atoms with Crippen LogP contribution in [0.25, 0.3) is 0 Å². The molecule has 0 N–H and O–H groups in total. The molecule has 3 heterocycles. The summed E-state index contributed by atoms with van der Waals surface area (Å²) in [6, 6.07) is 6.20. The number of ketones is 1. The molecule has 3 aliphatic heterocycles. The fraction of sp³-hybridized carbons (Fsp3) is 0.381. The maximum Gasteiger partial charge on any atom is 0.305 e. The summed E-state index contributed by atoms with van der Waals surface area (Å²) < 4.78 is 16.2. The van der Waals surface area contributed by atoms with Gasteiger partial charge in [0.05, 0.1) is 23.6 Å².